The second-order valence-corrected chi connectivity index (χ2v) is 3.99. The molecule has 0 heterocycles. The van der Waals surface area contributed by atoms with Crippen molar-refractivity contribution in [2.75, 3.05) is 5.73 Å². The van der Waals surface area contributed by atoms with Gasteiger partial charge in [-0.3, -0.25) is 0 Å². The van der Waals surface area contributed by atoms with Crippen LogP contribution in [0.5, 0.6) is 0 Å². The van der Waals surface area contributed by atoms with Crippen molar-refractivity contribution in [1.82, 2.24) is 0 Å². The SMILES string of the molecule is Nc1cc(-c2ccc(C(=O)O)cc2)ccc1C(=O)O. The first-order chi connectivity index (χ1) is 8.99. The molecule has 2 aromatic rings. The lowest BCUT2D eigenvalue weighted by Gasteiger charge is -2.06. The summed E-state index contributed by atoms with van der Waals surface area (Å²) in [7, 11) is 0. The number of hydrogen-bond acceptors (Lipinski definition) is 3. The molecule has 0 amide bonds. The average molecular weight is 257 g/mol. The fourth-order valence-electron chi connectivity index (χ4n) is 1.74. The number of carboxylic acids is 2. The molecule has 0 fully saturated rings. The Hall–Kier alpha value is -2.82. The third-order valence-electron chi connectivity index (χ3n) is 2.75. The molecule has 0 aromatic heterocycles. The van der Waals surface area contributed by atoms with Gasteiger partial charge in [0.15, 0.2) is 0 Å². The number of nitrogen functional groups attached to an aromatic ring is 1. The minimum atomic E-state index is -1.08. The van der Waals surface area contributed by atoms with E-state index in [1.807, 2.05) is 0 Å². The van der Waals surface area contributed by atoms with Crippen LogP contribution in [0.15, 0.2) is 42.5 Å². The maximum absolute atomic E-state index is 10.8. The summed E-state index contributed by atoms with van der Waals surface area (Å²) in [6.45, 7) is 0. The molecule has 19 heavy (non-hydrogen) atoms. The largest absolute Gasteiger partial charge is 0.478 e. The predicted molar refractivity (Wildman–Crippen MR) is 70.2 cm³/mol. The van der Waals surface area contributed by atoms with E-state index in [4.69, 9.17) is 15.9 Å². The summed E-state index contributed by atoms with van der Waals surface area (Å²) < 4.78 is 0. The molecule has 0 bridgehead atoms. The van der Waals surface area contributed by atoms with Crippen LogP contribution in [0, 0.1) is 0 Å². The van der Waals surface area contributed by atoms with E-state index in [-0.39, 0.29) is 16.8 Å². The highest BCUT2D eigenvalue weighted by molar-refractivity contribution is 5.95. The Morgan fingerprint density at radius 3 is 1.89 bits per heavy atom. The fourth-order valence-corrected chi connectivity index (χ4v) is 1.74. The molecule has 0 aliphatic carbocycles. The molecule has 0 spiro atoms. The van der Waals surface area contributed by atoms with Gasteiger partial charge in [-0.05, 0) is 35.4 Å². The molecule has 0 saturated heterocycles. The van der Waals surface area contributed by atoms with E-state index in [0.29, 0.717) is 0 Å². The number of carboxylic acid groups (broad SMARTS) is 2. The summed E-state index contributed by atoms with van der Waals surface area (Å²) in [5, 5.41) is 17.7. The highest BCUT2D eigenvalue weighted by Gasteiger charge is 2.09. The topological polar surface area (TPSA) is 101 Å². The van der Waals surface area contributed by atoms with Crippen molar-refractivity contribution in [3.8, 4) is 11.1 Å². The van der Waals surface area contributed by atoms with Crippen molar-refractivity contribution in [2.45, 2.75) is 0 Å². The Balaban J connectivity index is 2.39. The Bertz CT molecular complexity index is 647. The van der Waals surface area contributed by atoms with Crippen LogP contribution in [0.4, 0.5) is 5.69 Å². The van der Waals surface area contributed by atoms with E-state index in [0.717, 1.165) is 11.1 Å². The summed E-state index contributed by atoms with van der Waals surface area (Å²) in [4.78, 5) is 21.6. The van der Waals surface area contributed by atoms with E-state index in [9.17, 15) is 9.59 Å². The smallest absolute Gasteiger partial charge is 0.337 e. The maximum atomic E-state index is 10.8. The van der Waals surface area contributed by atoms with Gasteiger partial charge < -0.3 is 15.9 Å². The molecule has 0 saturated carbocycles. The molecule has 96 valence electrons. The van der Waals surface area contributed by atoms with Crippen molar-refractivity contribution in [3.63, 3.8) is 0 Å². The third kappa shape index (κ3) is 2.55. The van der Waals surface area contributed by atoms with E-state index in [2.05, 4.69) is 0 Å². The number of nitrogens with two attached hydrogens (primary N) is 1. The lowest BCUT2D eigenvalue weighted by Crippen LogP contribution is -2.02. The van der Waals surface area contributed by atoms with Crippen LogP contribution in [0.25, 0.3) is 11.1 Å². The van der Waals surface area contributed by atoms with Gasteiger partial charge in [0.2, 0.25) is 0 Å². The summed E-state index contributed by atoms with van der Waals surface area (Å²) >= 11 is 0. The molecule has 0 unspecified atom stereocenters. The van der Waals surface area contributed by atoms with Gasteiger partial charge in [-0.25, -0.2) is 9.59 Å². The quantitative estimate of drug-likeness (QED) is 0.732. The predicted octanol–water partition coefficient (Wildman–Crippen LogP) is 2.33. The molecule has 5 nitrogen and oxygen atoms in total. The molecule has 0 atom stereocenters. The summed E-state index contributed by atoms with van der Waals surface area (Å²) in [5.74, 6) is -2.07. The third-order valence-corrected chi connectivity index (χ3v) is 2.75. The molecule has 2 rings (SSSR count). The Kier molecular flexibility index (Phi) is 3.20. The number of anilines is 1. The van der Waals surface area contributed by atoms with Crippen LogP contribution < -0.4 is 5.73 Å². The first-order valence-corrected chi connectivity index (χ1v) is 5.45. The number of rotatable bonds is 3. The van der Waals surface area contributed by atoms with Crippen LogP contribution in [0.2, 0.25) is 0 Å². The monoisotopic (exact) mass is 257 g/mol. The van der Waals surface area contributed by atoms with E-state index in [1.54, 1.807) is 24.3 Å². The van der Waals surface area contributed by atoms with Gasteiger partial charge in [-0.15, -0.1) is 0 Å². The molecule has 0 aliphatic rings. The lowest BCUT2D eigenvalue weighted by molar-refractivity contribution is 0.0686. The first kappa shape index (κ1) is 12.6. The number of benzene rings is 2. The minimum Gasteiger partial charge on any atom is -0.478 e. The maximum Gasteiger partial charge on any atom is 0.337 e. The van der Waals surface area contributed by atoms with Crippen LogP contribution in [-0.4, -0.2) is 22.2 Å². The zero-order valence-corrected chi connectivity index (χ0v) is 9.83. The van der Waals surface area contributed by atoms with Gasteiger partial charge in [0.25, 0.3) is 0 Å². The molecule has 0 radical (unpaired) electrons. The second kappa shape index (κ2) is 4.81. The van der Waals surface area contributed by atoms with Gasteiger partial charge >= 0.3 is 11.9 Å². The minimum absolute atomic E-state index is 0.0471. The summed E-state index contributed by atoms with van der Waals surface area (Å²) in [5.41, 5.74) is 7.58. The number of carbonyl (C=O) groups is 2. The van der Waals surface area contributed by atoms with E-state index in [1.165, 1.54) is 18.2 Å². The molecular weight excluding hydrogens is 246 g/mol. The van der Waals surface area contributed by atoms with Crippen molar-refractivity contribution in [1.29, 1.82) is 0 Å². The number of hydrogen-bond donors (Lipinski definition) is 3. The average Bonchev–Trinajstić information content (AvgIpc) is 2.38. The highest BCUT2D eigenvalue weighted by Crippen LogP contribution is 2.24. The van der Waals surface area contributed by atoms with Crippen molar-refractivity contribution in [2.24, 2.45) is 0 Å². The first-order valence-electron chi connectivity index (χ1n) is 5.45. The van der Waals surface area contributed by atoms with Gasteiger partial charge in [-0.1, -0.05) is 18.2 Å². The van der Waals surface area contributed by atoms with E-state index >= 15 is 0 Å². The highest BCUT2D eigenvalue weighted by atomic mass is 16.4. The molecule has 4 N–H and O–H groups in total. The van der Waals surface area contributed by atoms with Gasteiger partial charge in [-0.2, -0.15) is 0 Å². The zero-order chi connectivity index (χ0) is 14.0. The Labute approximate surface area is 108 Å². The van der Waals surface area contributed by atoms with Crippen LogP contribution >= 0.6 is 0 Å². The fraction of sp³-hybridized carbons (Fsp3) is 0. The molecule has 0 aliphatic heterocycles. The molecule has 5 heteroatoms. The van der Waals surface area contributed by atoms with Crippen molar-refractivity contribution in [3.05, 3.63) is 53.6 Å². The van der Waals surface area contributed by atoms with Crippen LogP contribution in [0.3, 0.4) is 0 Å². The normalized spacial score (nSPS) is 10.1. The standard InChI is InChI=1S/C14H11NO4/c15-12-7-10(5-6-11(12)14(18)19)8-1-3-9(4-2-8)13(16)17/h1-7H,15H2,(H,16,17)(H,18,19). The van der Waals surface area contributed by atoms with Gasteiger partial charge in [0.05, 0.1) is 11.1 Å². The van der Waals surface area contributed by atoms with Gasteiger partial charge in [0.1, 0.15) is 0 Å². The zero-order valence-electron chi connectivity index (χ0n) is 9.83. The summed E-state index contributed by atoms with van der Waals surface area (Å²) in [6.07, 6.45) is 0. The van der Waals surface area contributed by atoms with Crippen molar-refractivity contribution < 1.29 is 19.8 Å². The molecular formula is C14H11NO4. The second-order valence-electron chi connectivity index (χ2n) is 3.99. The summed E-state index contributed by atoms with van der Waals surface area (Å²) in [6, 6.07) is 10.9. The van der Waals surface area contributed by atoms with Gasteiger partial charge in [0, 0.05) is 5.69 Å². The Morgan fingerprint density at radius 2 is 1.42 bits per heavy atom. The lowest BCUT2D eigenvalue weighted by atomic mass is 10.0. The van der Waals surface area contributed by atoms with Crippen LogP contribution in [-0.2, 0) is 0 Å². The molecule has 2 aromatic carbocycles. The van der Waals surface area contributed by atoms with E-state index < -0.39 is 11.9 Å². The van der Waals surface area contributed by atoms with Crippen molar-refractivity contribution >= 4 is 17.6 Å². The Morgan fingerprint density at radius 1 is 0.842 bits per heavy atom. The number of aromatic carboxylic acids is 2. The van der Waals surface area contributed by atoms with Crippen LogP contribution in [0.1, 0.15) is 20.7 Å².